The number of nitrogens with zero attached hydrogens (tertiary/aromatic N) is 2. The average Bonchev–Trinajstić information content (AvgIpc) is 2.32. The number of likely N-dealkylation sites (N-methyl/N-ethyl adjacent to an activating group) is 1. The van der Waals surface area contributed by atoms with E-state index in [2.05, 4.69) is 31.1 Å². The van der Waals surface area contributed by atoms with Crippen molar-refractivity contribution in [1.82, 2.24) is 10.3 Å². The summed E-state index contributed by atoms with van der Waals surface area (Å²) in [5.41, 5.74) is 0. The van der Waals surface area contributed by atoms with Gasteiger partial charge in [0.25, 0.3) is 0 Å². The van der Waals surface area contributed by atoms with Gasteiger partial charge in [0.15, 0.2) is 0 Å². The summed E-state index contributed by atoms with van der Waals surface area (Å²) in [6, 6.07) is 4.43. The van der Waals surface area contributed by atoms with Gasteiger partial charge in [0.05, 0.1) is 19.3 Å². The van der Waals surface area contributed by atoms with E-state index in [1.807, 2.05) is 25.4 Å². The summed E-state index contributed by atoms with van der Waals surface area (Å²) in [7, 11) is 1.96. The molecule has 1 saturated heterocycles. The van der Waals surface area contributed by atoms with E-state index in [9.17, 15) is 0 Å². The first-order valence-electron chi connectivity index (χ1n) is 5.42. The molecule has 1 atom stereocenters. The first-order chi connectivity index (χ1) is 7.81. The molecule has 2 rings (SSSR count). The minimum atomic E-state index is 0.368. The van der Waals surface area contributed by atoms with Crippen LogP contribution >= 0.6 is 15.9 Å². The molecule has 0 spiro atoms. The van der Waals surface area contributed by atoms with Crippen molar-refractivity contribution in [1.29, 1.82) is 0 Å². The van der Waals surface area contributed by atoms with Gasteiger partial charge in [-0.2, -0.15) is 0 Å². The van der Waals surface area contributed by atoms with E-state index in [0.717, 1.165) is 36.6 Å². The Labute approximate surface area is 104 Å². The molecule has 4 nitrogen and oxygen atoms in total. The van der Waals surface area contributed by atoms with Crippen LogP contribution < -0.4 is 10.2 Å². The van der Waals surface area contributed by atoms with Crippen LogP contribution in [0.3, 0.4) is 0 Å². The monoisotopic (exact) mass is 285 g/mol. The number of hydrogen-bond acceptors (Lipinski definition) is 4. The van der Waals surface area contributed by atoms with Gasteiger partial charge in [-0.05, 0) is 35.1 Å². The number of nitrogens with one attached hydrogen (secondary N) is 1. The zero-order valence-corrected chi connectivity index (χ0v) is 10.9. The third kappa shape index (κ3) is 2.72. The summed E-state index contributed by atoms with van der Waals surface area (Å²) in [6.45, 7) is 3.36. The molecular formula is C11H16BrN3O. The van der Waals surface area contributed by atoms with Crippen molar-refractivity contribution in [2.45, 2.75) is 6.04 Å². The van der Waals surface area contributed by atoms with Crippen LogP contribution in [0, 0.1) is 0 Å². The Morgan fingerprint density at radius 2 is 2.50 bits per heavy atom. The second-order valence-electron chi connectivity index (χ2n) is 3.81. The Kier molecular flexibility index (Phi) is 4.15. The first kappa shape index (κ1) is 11.8. The SMILES string of the molecule is CNCC1COCCN1c1ccc(Br)cn1. The minimum Gasteiger partial charge on any atom is -0.377 e. The van der Waals surface area contributed by atoms with Crippen LogP contribution in [0.4, 0.5) is 5.82 Å². The summed E-state index contributed by atoms with van der Waals surface area (Å²) in [5, 5.41) is 3.19. The number of anilines is 1. The van der Waals surface area contributed by atoms with E-state index in [0.29, 0.717) is 6.04 Å². The fourth-order valence-electron chi connectivity index (χ4n) is 1.90. The third-order valence-corrected chi connectivity index (χ3v) is 3.14. The van der Waals surface area contributed by atoms with Crippen molar-refractivity contribution in [2.24, 2.45) is 0 Å². The fourth-order valence-corrected chi connectivity index (χ4v) is 2.13. The van der Waals surface area contributed by atoms with E-state index >= 15 is 0 Å². The lowest BCUT2D eigenvalue weighted by molar-refractivity contribution is 0.0939. The number of aromatic nitrogens is 1. The lowest BCUT2D eigenvalue weighted by atomic mass is 10.2. The molecule has 0 radical (unpaired) electrons. The molecule has 1 aromatic rings. The maximum Gasteiger partial charge on any atom is 0.129 e. The maximum atomic E-state index is 5.49. The van der Waals surface area contributed by atoms with Crippen molar-refractivity contribution in [3.05, 3.63) is 22.8 Å². The van der Waals surface area contributed by atoms with Crippen LogP contribution in [0.15, 0.2) is 22.8 Å². The average molecular weight is 286 g/mol. The second kappa shape index (κ2) is 5.61. The van der Waals surface area contributed by atoms with Crippen LogP contribution in [0.2, 0.25) is 0 Å². The maximum absolute atomic E-state index is 5.49. The van der Waals surface area contributed by atoms with Gasteiger partial charge in [0, 0.05) is 23.8 Å². The Morgan fingerprint density at radius 1 is 1.62 bits per heavy atom. The third-order valence-electron chi connectivity index (χ3n) is 2.67. The first-order valence-corrected chi connectivity index (χ1v) is 6.21. The molecule has 5 heteroatoms. The molecule has 88 valence electrons. The number of pyridine rings is 1. The van der Waals surface area contributed by atoms with Gasteiger partial charge in [-0.25, -0.2) is 4.98 Å². The highest BCUT2D eigenvalue weighted by atomic mass is 79.9. The van der Waals surface area contributed by atoms with Gasteiger partial charge in [0.1, 0.15) is 5.82 Å². The van der Waals surface area contributed by atoms with Crippen molar-refractivity contribution in [3.8, 4) is 0 Å². The van der Waals surface area contributed by atoms with Crippen LogP contribution in [-0.2, 0) is 4.74 Å². The lowest BCUT2D eigenvalue weighted by Crippen LogP contribution is -2.50. The molecule has 0 bridgehead atoms. The number of rotatable bonds is 3. The van der Waals surface area contributed by atoms with Gasteiger partial charge in [-0.15, -0.1) is 0 Å². The molecule has 0 aromatic carbocycles. The Hall–Kier alpha value is -0.650. The van der Waals surface area contributed by atoms with Gasteiger partial charge in [-0.3, -0.25) is 0 Å². The quantitative estimate of drug-likeness (QED) is 0.908. The summed E-state index contributed by atoms with van der Waals surface area (Å²) in [4.78, 5) is 6.73. The molecule has 1 aliphatic rings. The fraction of sp³-hybridized carbons (Fsp3) is 0.545. The molecule has 0 amide bonds. The predicted molar refractivity (Wildman–Crippen MR) is 67.8 cm³/mol. The lowest BCUT2D eigenvalue weighted by Gasteiger charge is -2.36. The zero-order chi connectivity index (χ0) is 11.4. The molecule has 1 aromatic heterocycles. The topological polar surface area (TPSA) is 37.4 Å². The number of ether oxygens (including phenoxy) is 1. The molecule has 1 unspecified atom stereocenters. The van der Waals surface area contributed by atoms with E-state index in [-0.39, 0.29) is 0 Å². The highest BCUT2D eigenvalue weighted by Gasteiger charge is 2.23. The molecule has 0 aliphatic carbocycles. The van der Waals surface area contributed by atoms with Crippen molar-refractivity contribution >= 4 is 21.7 Å². The Morgan fingerprint density at radius 3 is 3.19 bits per heavy atom. The van der Waals surface area contributed by atoms with Gasteiger partial charge < -0.3 is 15.0 Å². The molecule has 0 saturated carbocycles. The molecule has 2 heterocycles. The van der Waals surface area contributed by atoms with Gasteiger partial charge in [-0.1, -0.05) is 0 Å². The van der Waals surface area contributed by atoms with Crippen molar-refractivity contribution in [2.75, 3.05) is 38.3 Å². The van der Waals surface area contributed by atoms with Gasteiger partial charge in [0.2, 0.25) is 0 Å². The Bertz CT molecular complexity index is 329. The molecule has 16 heavy (non-hydrogen) atoms. The van der Waals surface area contributed by atoms with Crippen LogP contribution in [0.25, 0.3) is 0 Å². The van der Waals surface area contributed by atoms with Crippen LogP contribution in [0.1, 0.15) is 0 Å². The highest BCUT2D eigenvalue weighted by Crippen LogP contribution is 2.18. The molecule has 1 aliphatic heterocycles. The predicted octanol–water partition coefficient (Wildman–Crippen LogP) is 1.27. The molecule has 1 fully saturated rings. The van der Waals surface area contributed by atoms with Gasteiger partial charge >= 0.3 is 0 Å². The standard InChI is InChI=1S/C11H16BrN3O/c1-13-7-10-8-16-5-4-15(10)11-3-2-9(12)6-14-11/h2-3,6,10,13H,4-5,7-8H2,1H3. The van der Waals surface area contributed by atoms with Crippen LogP contribution in [0.5, 0.6) is 0 Å². The Balaban J connectivity index is 2.13. The second-order valence-corrected chi connectivity index (χ2v) is 4.73. The van der Waals surface area contributed by atoms with E-state index in [4.69, 9.17) is 4.74 Å². The smallest absolute Gasteiger partial charge is 0.129 e. The van der Waals surface area contributed by atoms with E-state index < -0.39 is 0 Å². The largest absolute Gasteiger partial charge is 0.377 e. The minimum absolute atomic E-state index is 0.368. The summed E-state index contributed by atoms with van der Waals surface area (Å²) in [6.07, 6.45) is 1.83. The number of hydrogen-bond donors (Lipinski definition) is 1. The summed E-state index contributed by atoms with van der Waals surface area (Å²) < 4.78 is 6.50. The molecular weight excluding hydrogens is 270 g/mol. The van der Waals surface area contributed by atoms with Crippen LogP contribution in [-0.4, -0.2) is 44.4 Å². The normalized spacial score (nSPS) is 21.1. The number of morpholine rings is 1. The summed E-state index contributed by atoms with van der Waals surface area (Å²) >= 11 is 3.40. The zero-order valence-electron chi connectivity index (χ0n) is 9.32. The molecule has 1 N–H and O–H groups in total. The van der Waals surface area contributed by atoms with Crippen molar-refractivity contribution in [3.63, 3.8) is 0 Å². The number of halogens is 1. The van der Waals surface area contributed by atoms with E-state index in [1.54, 1.807) is 0 Å². The summed E-state index contributed by atoms with van der Waals surface area (Å²) in [5.74, 6) is 1.02. The van der Waals surface area contributed by atoms with Crippen molar-refractivity contribution < 1.29 is 4.74 Å². The highest BCUT2D eigenvalue weighted by molar-refractivity contribution is 9.10. The van der Waals surface area contributed by atoms with E-state index in [1.165, 1.54) is 0 Å².